The van der Waals surface area contributed by atoms with Crippen molar-refractivity contribution in [3.8, 4) is 45.6 Å². The Kier molecular flexibility index (Phi) is 5.70. The molecule has 0 aliphatic carbocycles. The number of aromatic amines is 2. The van der Waals surface area contributed by atoms with Crippen molar-refractivity contribution in [2.45, 2.75) is 0 Å². The Bertz CT molecular complexity index is 2030. The molecule has 5 heterocycles. The van der Waals surface area contributed by atoms with Crippen LogP contribution in [0.1, 0.15) is 0 Å². The second kappa shape index (κ2) is 9.47. The van der Waals surface area contributed by atoms with E-state index < -0.39 is 0 Å². The van der Waals surface area contributed by atoms with Crippen molar-refractivity contribution in [3.05, 3.63) is 97.1 Å². The molecule has 0 saturated carbocycles. The molecule has 0 fully saturated rings. The molecule has 0 saturated heterocycles. The predicted molar refractivity (Wildman–Crippen MR) is 163 cm³/mol. The van der Waals surface area contributed by atoms with Gasteiger partial charge in [-0.1, -0.05) is 97.1 Å². The fourth-order valence-corrected chi connectivity index (χ4v) is 5.59. The summed E-state index contributed by atoms with van der Waals surface area (Å²) in [5.41, 5.74) is 6.45. The second-order valence-electron chi connectivity index (χ2n) is 9.79. The number of nitrogens with one attached hydrogen (secondary N) is 2. The Labute approximate surface area is 275 Å². The molecule has 0 unspecified atom stereocenters. The van der Waals surface area contributed by atoms with Crippen molar-refractivity contribution in [1.29, 1.82) is 0 Å². The second-order valence-corrected chi connectivity index (χ2v) is 9.79. The van der Waals surface area contributed by atoms with E-state index in [2.05, 4.69) is 9.97 Å². The van der Waals surface area contributed by atoms with Gasteiger partial charge in [-0.15, -0.1) is 0 Å². The van der Waals surface area contributed by atoms with Crippen molar-refractivity contribution in [2.24, 2.45) is 0 Å². The SMILES string of the molecule is [KH].c1ccc2c(c1)-c1nc-2nc2[nH]c(nc3nc(nc4[nH]c(n1)c1ccccc41)-c1ccccc1-3)c1ccccc21. The van der Waals surface area contributed by atoms with E-state index in [9.17, 15) is 0 Å². The summed E-state index contributed by atoms with van der Waals surface area (Å²) in [6, 6.07) is 32.2. The van der Waals surface area contributed by atoms with Crippen LogP contribution in [0.15, 0.2) is 97.1 Å². The number of aromatic nitrogens is 8. The monoisotopic (exact) mass is 554 g/mol. The Balaban J connectivity index is 0.00000256. The summed E-state index contributed by atoms with van der Waals surface area (Å²) in [4.78, 5) is 36.8. The molecule has 8 bridgehead atoms. The largest absolute Gasteiger partial charge is 0.324 e. The molecular formula is C32H19KN8. The quantitative estimate of drug-likeness (QED) is 0.215. The van der Waals surface area contributed by atoms with Gasteiger partial charge in [-0.2, -0.15) is 0 Å². The number of benzene rings is 4. The number of nitrogens with zero attached hydrogens (tertiary/aromatic N) is 6. The molecule has 4 aromatic carbocycles. The van der Waals surface area contributed by atoms with Crippen LogP contribution in [0, 0.1) is 0 Å². The van der Waals surface area contributed by atoms with Crippen LogP contribution in [0.4, 0.5) is 0 Å². The molecule has 9 heteroatoms. The number of hydrogen-bond donors (Lipinski definition) is 2. The Morgan fingerprint density at radius 1 is 0.317 bits per heavy atom. The van der Waals surface area contributed by atoms with Gasteiger partial charge in [0.05, 0.1) is 0 Å². The normalized spacial score (nSPS) is 11.7. The van der Waals surface area contributed by atoms with Crippen molar-refractivity contribution in [3.63, 3.8) is 0 Å². The van der Waals surface area contributed by atoms with Gasteiger partial charge in [-0.25, -0.2) is 29.9 Å². The van der Waals surface area contributed by atoms with Crippen LogP contribution < -0.4 is 0 Å². The summed E-state index contributed by atoms with van der Waals surface area (Å²) in [6.07, 6.45) is 0. The van der Waals surface area contributed by atoms with Crippen LogP contribution in [-0.2, 0) is 0 Å². The molecule has 2 aliphatic heterocycles. The van der Waals surface area contributed by atoms with Crippen molar-refractivity contribution >= 4 is 95.5 Å². The molecule has 9 rings (SSSR count). The average Bonchev–Trinajstić information content (AvgIpc) is 3.73. The summed E-state index contributed by atoms with van der Waals surface area (Å²) in [6.45, 7) is 0. The van der Waals surface area contributed by atoms with Gasteiger partial charge in [0.25, 0.3) is 0 Å². The molecule has 2 N–H and O–H groups in total. The topological polar surface area (TPSA) is 109 Å². The van der Waals surface area contributed by atoms with Crippen LogP contribution in [0.25, 0.3) is 89.7 Å². The number of rotatable bonds is 0. The molecule has 3 aromatic heterocycles. The van der Waals surface area contributed by atoms with E-state index in [-0.39, 0.29) is 51.4 Å². The zero-order valence-electron chi connectivity index (χ0n) is 20.9. The van der Waals surface area contributed by atoms with E-state index in [0.29, 0.717) is 45.9 Å². The van der Waals surface area contributed by atoms with Crippen molar-refractivity contribution in [2.75, 3.05) is 0 Å². The maximum Gasteiger partial charge on any atom is 0.164 e. The molecule has 0 spiro atoms. The summed E-state index contributed by atoms with van der Waals surface area (Å²) < 4.78 is 0. The Morgan fingerprint density at radius 3 is 0.829 bits per heavy atom. The first-order valence-electron chi connectivity index (χ1n) is 13.0. The molecule has 8 nitrogen and oxygen atoms in total. The third-order valence-electron chi connectivity index (χ3n) is 7.46. The number of fused-ring (bicyclic) bond motifs is 20. The molecule has 188 valence electrons. The van der Waals surface area contributed by atoms with Crippen LogP contribution in [0.2, 0.25) is 0 Å². The molecule has 0 radical (unpaired) electrons. The molecular weight excluding hydrogens is 536 g/mol. The smallest absolute Gasteiger partial charge is 0.164 e. The van der Waals surface area contributed by atoms with Crippen LogP contribution in [-0.4, -0.2) is 91.3 Å². The zero-order chi connectivity index (χ0) is 26.2. The third kappa shape index (κ3) is 3.82. The van der Waals surface area contributed by atoms with Crippen LogP contribution >= 0.6 is 0 Å². The summed E-state index contributed by atoms with van der Waals surface area (Å²) in [5.74, 6) is 2.39. The van der Waals surface area contributed by atoms with Crippen LogP contribution in [0.5, 0.6) is 0 Å². The predicted octanol–water partition coefficient (Wildman–Crippen LogP) is 6.22. The van der Waals surface area contributed by atoms with E-state index >= 15 is 0 Å². The van der Waals surface area contributed by atoms with E-state index in [1.165, 1.54) is 0 Å². The van der Waals surface area contributed by atoms with Gasteiger partial charge in [0, 0.05) is 43.8 Å². The summed E-state index contributed by atoms with van der Waals surface area (Å²) in [5, 5.41) is 3.82. The minimum absolute atomic E-state index is 0. The summed E-state index contributed by atoms with van der Waals surface area (Å²) in [7, 11) is 0. The fourth-order valence-electron chi connectivity index (χ4n) is 5.59. The van der Waals surface area contributed by atoms with Gasteiger partial charge >= 0.3 is 51.4 Å². The van der Waals surface area contributed by atoms with Crippen LogP contribution in [0.3, 0.4) is 0 Å². The molecule has 2 aliphatic rings. The fraction of sp³-hybridized carbons (Fsp3) is 0. The number of hydrogen-bond acceptors (Lipinski definition) is 6. The van der Waals surface area contributed by atoms with Crippen molar-refractivity contribution in [1.82, 2.24) is 39.9 Å². The van der Waals surface area contributed by atoms with E-state index in [4.69, 9.17) is 29.9 Å². The van der Waals surface area contributed by atoms with Gasteiger partial charge in [0.15, 0.2) is 23.3 Å². The molecule has 7 aromatic rings. The third-order valence-corrected chi connectivity index (χ3v) is 7.46. The van der Waals surface area contributed by atoms with E-state index in [0.717, 1.165) is 43.8 Å². The molecule has 0 atom stereocenters. The first-order valence-corrected chi connectivity index (χ1v) is 13.0. The van der Waals surface area contributed by atoms with Gasteiger partial charge in [0.1, 0.15) is 22.6 Å². The average molecular weight is 555 g/mol. The standard InChI is InChI=1S/C32H18N8.K.H/c1-2-10-18-17(9-1)25-33-26(18)38-28-21-13-5-6-14-22(21)30(35-28)40-32-24-16-8-7-15-23(24)31(36-32)39-29-20-12-4-3-11-19(20)27(34-29)37-25;;/h1-16H,(H2,33,34,35,36,37,38,39,40);;. The Morgan fingerprint density at radius 2 is 0.561 bits per heavy atom. The maximum atomic E-state index is 5.02. The van der Waals surface area contributed by atoms with Gasteiger partial charge in [0.2, 0.25) is 0 Å². The number of H-pyrrole nitrogens is 2. The zero-order valence-corrected chi connectivity index (χ0v) is 20.9. The summed E-state index contributed by atoms with van der Waals surface area (Å²) >= 11 is 0. The van der Waals surface area contributed by atoms with Gasteiger partial charge < -0.3 is 9.97 Å². The molecule has 0 amide bonds. The van der Waals surface area contributed by atoms with E-state index in [1.807, 2.05) is 97.1 Å². The first kappa shape index (κ1) is 24.7. The molecule has 41 heavy (non-hydrogen) atoms. The van der Waals surface area contributed by atoms with E-state index in [1.54, 1.807) is 0 Å². The van der Waals surface area contributed by atoms with Gasteiger partial charge in [-0.3, -0.25) is 0 Å². The Hall–Kier alpha value is -4.12. The maximum absolute atomic E-state index is 5.02. The van der Waals surface area contributed by atoms with Crippen molar-refractivity contribution < 1.29 is 0 Å². The first-order chi connectivity index (χ1) is 19.8. The minimum Gasteiger partial charge on any atom is -0.324 e. The minimum atomic E-state index is 0. The van der Waals surface area contributed by atoms with Gasteiger partial charge in [-0.05, 0) is 0 Å².